The molecule has 1 aromatic carbocycles. The Morgan fingerprint density at radius 2 is 2.05 bits per heavy atom. The molecule has 0 fully saturated rings. The van der Waals surface area contributed by atoms with Gasteiger partial charge in [-0.3, -0.25) is 0 Å². The van der Waals surface area contributed by atoms with Gasteiger partial charge in [0.05, 0.1) is 17.2 Å². The minimum absolute atomic E-state index is 0.246. The number of halogens is 1. The molecule has 0 radical (unpaired) electrons. The molecule has 0 bridgehead atoms. The van der Waals surface area contributed by atoms with Crippen molar-refractivity contribution in [2.75, 3.05) is 17.7 Å². The maximum Gasteiger partial charge on any atom is 0.224 e. The Morgan fingerprint density at radius 3 is 2.77 bits per heavy atom. The van der Waals surface area contributed by atoms with Gasteiger partial charge in [-0.1, -0.05) is 12.1 Å². The predicted molar refractivity (Wildman–Crippen MR) is 87.9 cm³/mol. The highest BCUT2D eigenvalue weighted by molar-refractivity contribution is 7.99. The van der Waals surface area contributed by atoms with Gasteiger partial charge in [-0.15, -0.1) is 11.8 Å². The fourth-order valence-electron chi connectivity index (χ4n) is 2.32. The lowest BCUT2D eigenvalue weighted by atomic mass is 10.1. The van der Waals surface area contributed by atoms with E-state index < -0.39 is 6.10 Å². The van der Waals surface area contributed by atoms with E-state index in [1.165, 1.54) is 0 Å². The molecule has 1 unspecified atom stereocenters. The molecule has 1 atom stereocenters. The lowest BCUT2D eigenvalue weighted by Gasteiger charge is -2.18. The quantitative estimate of drug-likeness (QED) is 0.744. The molecule has 1 aromatic heterocycles. The van der Waals surface area contributed by atoms with Gasteiger partial charge < -0.3 is 15.5 Å². The summed E-state index contributed by atoms with van der Waals surface area (Å²) in [5, 5.41) is 22.1. The lowest BCUT2D eigenvalue weighted by Crippen LogP contribution is -2.07. The van der Waals surface area contributed by atoms with Gasteiger partial charge in [0, 0.05) is 5.69 Å². The van der Waals surface area contributed by atoms with Crippen molar-refractivity contribution in [2.24, 2.45) is 0 Å². The summed E-state index contributed by atoms with van der Waals surface area (Å²) in [6.07, 6.45) is 1.16. The molecule has 1 aliphatic heterocycles. The normalized spacial score (nSPS) is 15.2. The molecule has 0 saturated carbocycles. The third-order valence-electron chi connectivity index (χ3n) is 3.44. The first-order valence-corrected chi connectivity index (χ1v) is 8.39. The van der Waals surface area contributed by atoms with Crippen LogP contribution in [0.15, 0.2) is 29.2 Å². The number of hydrogen-bond acceptors (Lipinski definition) is 6. The van der Waals surface area contributed by atoms with Crippen molar-refractivity contribution in [1.82, 2.24) is 9.97 Å². The second kappa shape index (κ2) is 6.83. The SMILES string of the molecule is OCC(O)c1ccc(Nc2nc(Cl)nc3c2SCCC3)cc1. The summed E-state index contributed by atoms with van der Waals surface area (Å²) < 4.78 is 0. The van der Waals surface area contributed by atoms with E-state index in [0.717, 1.165) is 40.7 Å². The molecular formula is C15H16ClN3O2S. The van der Waals surface area contributed by atoms with Crippen LogP contribution in [-0.2, 0) is 6.42 Å². The van der Waals surface area contributed by atoms with E-state index in [9.17, 15) is 5.11 Å². The molecule has 5 nitrogen and oxygen atoms in total. The van der Waals surface area contributed by atoms with Crippen LogP contribution in [0.3, 0.4) is 0 Å². The highest BCUT2D eigenvalue weighted by Gasteiger charge is 2.18. The third kappa shape index (κ3) is 3.35. The fraction of sp³-hybridized carbons (Fsp3) is 0.333. The summed E-state index contributed by atoms with van der Waals surface area (Å²) in [7, 11) is 0. The zero-order valence-electron chi connectivity index (χ0n) is 11.8. The van der Waals surface area contributed by atoms with E-state index in [-0.39, 0.29) is 11.9 Å². The molecule has 7 heteroatoms. The molecular weight excluding hydrogens is 322 g/mol. The van der Waals surface area contributed by atoms with E-state index >= 15 is 0 Å². The smallest absolute Gasteiger partial charge is 0.224 e. The van der Waals surface area contributed by atoms with Crippen molar-refractivity contribution in [3.63, 3.8) is 0 Å². The zero-order valence-corrected chi connectivity index (χ0v) is 13.4. The van der Waals surface area contributed by atoms with E-state index in [1.807, 2.05) is 12.1 Å². The number of anilines is 2. The van der Waals surface area contributed by atoms with Crippen molar-refractivity contribution in [3.05, 3.63) is 40.8 Å². The Kier molecular flexibility index (Phi) is 4.83. The first kappa shape index (κ1) is 15.6. The Morgan fingerprint density at radius 1 is 1.27 bits per heavy atom. The summed E-state index contributed by atoms with van der Waals surface area (Å²) in [5.74, 6) is 1.77. The molecule has 0 amide bonds. The highest BCUT2D eigenvalue weighted by atomic mass is 35.5. The number of benzene rings is 1. The molecule has 0 saturated heterocycles. The number of aromatic nitrogens is 2. The average molecular weight is 338 g/mol. The Balaban J connectivity index is 1.85. The van der Waals surface area contributed by atoms with Crippen LogP contribution in [0.1, 0.15) is 23.8 Å². The second-order valence-electron chi connectivity index (χ2n) is 5.01. The maximum absolute atomic E-state index is 9.59. The number of nitrogens with zero attached hydrogens (tertiary/aromatic N) is 2. The number of aliphatic hydroxyl groups is 2. The maximum atomic E-state index is 9.59. The van der Waals surface area contributed by atoms with Crippen LogP contribution >= 0.6 is 23.4 Å². The monoisotopic (exact) mass is 337 g/mol. The van der Waals surface area contributed by atoms with Gasteiger partial charge in [0.2, 0.25) is 5.28 Å². The van der Waals surface area contributed by atoms with Crippen LogP contribution in [0.4, 0.5) is 11.5 Å². The number of rotatable bonds is 4. The number of hydrogen-bond donors (Lipinski definition) is 3. The minimum atomic E-state index is -0.856. The van der Waals surface area contributed by atoms with Gasteiger partial charge in [-0.25, -0.2) is 4.98 Å². The summed E-state index contributed by atoms with van der Waals surface area (Å²) in [4.78, 5) is 9.64. The van der Waals surface area contributed by atoms with Gasteiger partial charge in [0.15, 0.2) is 0 Å². The minimum Gasteiger partial charge on any atom is -0.393 e. The molecule has 22 heavy (non-hydrogen) atoms. The van der Waals surface area contributed by atoms with Gasteiger partial charge in [-0.05, 0) is 47.9 Å². The third-order valence-corrected chi connectivity index (χ3v) is 4.82. The van der Waals surface area contributed by atoms with E-state index in [0.29, 0.717) is 5.56 Å². The average Bonchev–Trinajstić information content (AvgIpc) is 2.54. The van der Waals surface area contributed by atoms with Gasteiger partial charge in [-0.2, -0.15) is 4.98 Å². The molecule has 1 aliphatic rings. The van der Waals surface area contributed by atoms with Crippen LogP contribution in [0.2, 0.25) is 5.28 Å². The predicted octanol–water partition coefficient (Wildman–Crippen LogP) is 2.94. The second-order valence-corrected chi connectivity index (χ2v) is 6.46. The zero-order chi connectivity index (χ0) is 15.5. The van der Waals surface area contributed by atoms with Crippen LogP contribution in [-0.4, -0.2) is 32.5 Å². The van der Waals surface area contributed by atoms with Crippen LogP contribution in [0.5, 0.6) is 0 Å². The Hall–Kier alpha value is -1.34. The summed E-state index contributed by atoms with van der Waals surface area (Å²) in [6, 6.07) is 7.21. The molecule has 0 aliphatic carbocycles. The molecule has 3 N–H and O–H groups in total. The van der Waals surface area contributed by atoms with Crippen molar-refractivity contribution in [1.29, 1.82) is 0 Å². The fourth-order valence-corrected chi connectivity index (χ4v) is 3.54. The first-order valence-electron chi connectivity index (χ1n) is 7.02. The molecule has 2 aromatic rings. The van der Waals surface area contributed by atoms with E-state index in [2.05, 4.69) is 15.3 Å². The van der Waals surface area contributed by atoms with E-state index in [4.69, 9.17) is 16.7 Å². The largest absolute Gasteiger partial charge is 0.393 e. The molecule has 2 heterocycles. The molecule has 0 spiro atoms. The van der Waals surface area contributed by atoms with Gasteiger partial charge in [0.25, 0.3) is 0 Å². The molecule has 116 valence electrons. The summed E-state index contributed by atoms with van der Waals surface area (Å²) in [5.41, 5.74) is 2.51. The molecule has 3 rings (SSSR count). The summed E-state index contributed by atoms with van der Waals surface area (Å²) >= 11 is 7.74. The van der Waals surface area contributed by atoms with Crippen molar-refractivity contribution < 1.29 is 10.2 Å². The lowest BCUT2D eigenvalue weighted by molar-refractivity contribution is 0.0956. The highest BCUT2D eigenvalue weighted by Crippen LogP contribution is 2.36. The topological polar surface area (TPSA) is 78.3 Å². The number of aryl methyl sites for hydroxylation is 1. The van der Waals surface area contributed by atoms with Gasteiger partial charge >= 0.3 is 0 Å². The summed E-state index contributed by atoms with van der Waals surface area (Å²) in [6.45, 7) is -0.293. The number of thioether (sulfide) groups is 1. The van der Waals surface area contributed by atoms with Crippen LogP contribution in [0.25, 0.3) is 0 Å². The first-order chi connectivity index (χ1) is 10.7. The number of aliphatic hydroxyl groups excluding tert-OH is 2. The van der Waals surface area contributed by atoms with Crippen molar-refractivity contribution in [2.45, 2.75) is 23.8 Å². The van der Waals surface area contributed by atoms with Crippen molar-refractivity contribution in [3.8, 4) is 0 Å². The van der Waals surface area contributed by atoms with Crippen LogP contribution in [0, 0.1) is 0 Å². The van der Waals surface area contributed by atoms with Crippen molar-refractivity contribution >= 4 is 34.9 Å². The van der Waals surface area contributed by atoms with E-state index in [1.54, 1.807) is 23.9 Å². The van der Waals surface area contributed by atoms with Crippen LogP contribution < -0.4 is 5.32 Å². The number of nitrogens with one attached hydrogen (secondary N) is 1. The Bertz CT molecular complexity index is 667. The standard InChI is InChI=1S/C15H16ClN3O2S/c16-15-18-11-2-1-7-22-13(11)14(19-15)17-10-5-3-9(4-6-10)12(21)8-20/h3-6,12,20-21H,1-2,7-8H2,(H,17,18,19). The van der Waals surface area contributed by atoms with Gasteiger partial charge in [0.1, 0.15) is 11.9 Å². The Labute approximate surface area is 137 Å². The number of fused-ring (bicyclic) bond motifs is 1.